The molecule has 0 spiro atoms. The number of hydrogen-bond acceptors (Lipinski definition) is 3. The highest BCUT2D eigenvalue weighted by Gasteiger charge is 2.16. The van der Waals surface area contributed by atoms with Gasteiger partial charge in [0.15, 0.2) is 0 Å². The van der Waals surface area contributed by atoms with Crippen LogP contribution in [0.25, 0.3) is 11.0 Å². The van der Waals surface area contributed by atoms with E-state index in [1.54, 1.807) is 0 Å². The summed E-state index contributed by atoms with van der Waals surface area (Å²) in [6.07, 6.45) is 0. The maximum absolute atomic E-state index is 11.4. The van der Waals surface area contributed by atoms with Gasteiger partial charge in [0.05, 0.1) is 12.6 Å². The molecule has 0 fully saturated rings. The topological polar surface area (TPSA) is 54.3 Å². The molecule has 1 aromatic heterocycles. The van der Waals surface area contributed by atoms with Gasteiger partial charge < -0.3 is 9.73 Å². The molecule has 0 bridgehead atoms. The normalized spacial score (nSPS) is 12.6. The van der Waals surface area contributed by atoms with E-state index in [4.69, 9.17) is 4.42 Å². The molecule has 0 aliphatic carbocycles. The SMILES string of the molecule is CCNC(=O)CNC(C)c1oc2ccccc2c1C. The number of benzene rings is 1. The number of likely N-dealkylation sites (N-methyl/N-ethyl adjacent to an activating group) is 1. The Morgan fingerprint density at radius 2 is 2.11 bits per heavy atom. The molecule has 102 valence electrons. The Balaban J connectivity index is 2.11. The fraction of sp³-hybridized carbons (Fsp3) is 0.400. The lowest BCUT2D eigenvalue weighted by Gasteiger charge is -2.12. The summed E-state index contributed by atoms with van der Waals surface area (Å²) in [5.41, 5.74) is 2.02. The molecule has 0 aliphatic rings. The molecule has 0 aliphatic heterocycles. The molecule has 1 amide bonds. The molecular formula is C15H20N2O2. The van der Waals surface area contributed by atoms with Crippen molar-refractivity contribution in [1.29, 1.82) is 0 Å². The van der Waals surface area contributed by atoms with Crippen molar-refractivity contribution in [3.05, 3.63) is 35.6 Å². The molecule has 1 atom stereocenters. The number of hydrogen-bond donors (Lipinski definition) is 2. The Bertz CT molecular complexity index is 575. The highest BCUT2D eigenvalue weighted by atomic mass is 16.3. The number of furan rings is 1. The van der Waals surface area contributed by atoms with Crippen LogP contribution in [0.15, 0.2) is 28.7 Å². The number of fused-ring (bicyclic) bond motifs is 1. The van der Waals surface area contributed by atoms with Gasteiger partial charge in [-0.3, -0.25) is 10.1 Å². The highest BCUT2D eigenvalue weighted by molar-refractivity contribution is 5.82. The second-order valence-corrected chi connectivity index (χ2v) is 4.64. The number of amides is 1. The van der Waals surface area contributed by atoms with Crippen molar-refractivity contribution in [2.45, 2.75) is 26.8 Å². The molecule has 1 heterocycles. The Hall–Kier alpha value is -1.81. The zero-order valence-corrected chi connectivity index (χ0v) is 11.6. The van der Waals surface area contributed by atoms with E-state index in [1.165, 1.54) is 0 Å². The van der Waals surface area contributed by atoms with Crippen molar-refractivity contribution < 1.29 is 9.21 Å². The van der Waals surface area contributed by atoms with Gasteiger partial charge in [-0.15, -0.1) is 0 Å². The van der Waals surface area contributed by atoms with E-state index < -0.39 is 0 Å². The van der Waals surface area contributed by atoms with Gasteiger partial charge in [0.1, 0.15) is 11.3 Å². The van der Waals surface area contributed by atoms with Crippen LogP contribution in [0, 0.1) is 6.92 Å². The largest absolute Gasteiger partial charge is 0.459 e. The zero-order valence-electron chi connectivity index (χ0n) is 11.6. The second-order valence-electron chi connectivity index (χ2n) is 4.64. The summed E-state index contributed by atoms with van der Waals surface area (Å²) in [4.78, 5) is 11.4. The fourth-order valence-electron chi connectivity index (χ4n) is 2.20. The molecule has 19 heavy (non-hydrogen) atoms. The van der Waals surface area contributed by atoms with Crippen molar-refractivity contribution in [3.8, 4) is 0 Å². The van der Waals surface area contributed by atoms with Crippen molar-refractivity contribution in [2.24, 2.45) is 0 Å². The predicted molar refractivity (Wildman–Crippen MR) is 76.1 cm³/mol. The van der Waals surface area contributed by atoms with Gasteiger partial charge in [-0.2, -0.15) is 0 Å². The monoisotopic (exact) mass is 260 g/mol. The van der Waals surface area contributed by atoms with Crippen LogP contribution in [0.5, 0.6) is 0 Å². The molecule has 0 saturated carbocycles. The molecule has 4 heteroatoms. The lowest BCUT2D eigenvalue weighted by atomic mass is 10.1. The summed E-state index contributed by atoms with van der Waals surface area (Å²) in [5, 5.41) is 7.07. The van der Waals surface area contributed by atoms with Crippen LogP contribution in [0.1, 0.15) is 31.2 Å². The molecule has 2 rings (SSSR count). The molecule has 0 saturated heterocycles. The van der Waals surface area contributed by atoms with Crippen LogP contribution < -0.4 is 10.6 Å². The van der Waals surface area contributed by atoms with Gasteiger partial charge in [0, 0.05) is 11.9 Å². The quantitative estimate of drug-likeness (QED) is 0.868. The Labute approximate surface area is 113 Å². The summed E-state index contributed by atoms with van der Waals surface area (Å²) in [7, 11) is 0. The van der Waals surface area contributed by atoms with Crippen LogP contribution in [0.2, 0.25) is 0 Å². The van der Waals surface area contributed by atoms with E-state index in [-0.39, 0.29) is 11.9 Å². The van der Waals surface area contributed by atoms with Gasteiger partial charge in [-0.1, -0.05) is 18.2 Å². The molecule has 0 radical (unpaired) electrons. The molecule has 1 unspecified atom stereocenters. The summed E-state index contributed by atoms with van der Waals surface area (Å²) in [5.74, 6) is 0.897. The molecule has 4 nitrogen and oxygen atoms in total. The van der Waals surface area contributed by atoms with E-state index in [0.717, 1.165) is 22.3 Å². The first-order chi connectivity index (χ1) is 9.13. The van der Waals surface area contributed by atoms with Gasteiger partial charge in [0.2, 0.25) is 5.91 Å². The van der Waals surface area contributed by atoms with Crippen LogP contribution >= 0.6 is 0 Å². The average Bonchev–Trinajstić information content (AvgIpc) is 2.74. The Morgan fingerprint density at radius 1 is 1.37 bits per heavy atom. The Morgan fingerprint density at radius 3 is 2.79 bits per heavy atom. The highest BCUT2D eigenvalue weighted by Crippen LogP contribution is 2.28. The number of nitrogens with one attached hydrogen (secondary N) is 2. The van der Waals surface area contributed by atoms with Crippen LogP contribution in [0.4, 0.5) is 0 Å². The van der Waals surface area contributed by atoms with Gasteiger partial charge in [0.25, 0.3) is 0 Å². The summed E-state index contributed by atoms with van der Waals surface area (Å²) in [6.45, 7) is 6.91. The van der Waals surface area contributed by atoms with E-state index in [9.17, 15) is 4.79 Å². The second kappa shape index (κ2) is 5.89. The third-order valence-electron chi connectivity index (χ3n) is 3.22. The van der Waals surface area contributed by atoms with Crippen LogP contribution in [0.3, 0.4) is 0 Å². The number of aryl methyl sites for hydroxylation is 1. The molecule has 2 aromatic rings. The summed E-state index contributed by atoms with van der Waals surface area (Å²) >= 11 is 0. The van der Waals surface area contributed by atoms with Crippen LogP contribution in [-0.2, 0) is 4.79 Å². The first kappa shape index (κ1) is 13.6. The van der Waals surface area contributed by atoms with Crippen LogP contribution in [-0.4, -0.2) is 19.0 Å². The first-order valence-corrected chi connectivity index (χ1v) is 6.61. The minimum Gasteiger partial charge on any atom is -0.459 e. The van der Waals surface area contributed by atoms with Gasteiger partial charge >= 0.3 is 0 Å². The average molecular weight is 260 g/mol. The third kappa shape index (κ3) is 2.96. The zero-order chi connectivity index (χ0) is 13.8. The lowest BCUT2D eigenvalue weighted by Crippen LogP contribution is -2.34. The number of carbonyl (C=O) groups is 1. The van der Waals surface area contributed by atoms with Gasteiger partial charge in [-0.05, 0) is 32.4 Å². The van der Waals surface area contributed by atoms with E-state index >= 15 is 0 Å². The molecule has 1 aromatic carbocycles. The van der Waals surface area contributed by atoms with Crippen molar-refractivity contribution >= 4 is 16.9 Å². The lowest BCUT2D eigenvalue weighted by molar-refractivity contribution is -0.120. The van der Waals surface area contributed by atoms with Gasteiger partial charge in [-0.25, -0.2) is 0 Å². The number of rotatable bonds is 5. The van der Waals surface area contributed by atoms with E-state index in [0.29, 0.717) is 13.1 Å². The minimum atomic E-state index is 0.00288. The molecular weight excluding hydrogens is 240 g/mol. The summed E-state index contributed by atoms with van der Waals surface area (Å²) in [6, 6.07) is 7.98. The Kier molecular flexibility index (Phi) is 4.22. The van der Waals surface area contributed by atoms with E-state index in [2.05, 4.69) is 10.6 Å². The van der Waals surface area contributed by atoms with Crippen molar-refractivity contribution in [3.63, 3.8) is 0 Å². The number of para-hydroxylation sites is 1. The molecule has 2 N–H and O–H groups in total. The van der Waals surface area contributed by atoms with E-state index in [1.807, 2.05) is 45.0 Å². The first-order valence-electron chi connectivity index (χ1n) is 6.61. The third-order valence-corrected chi connectivity index (χ3v) is 3.22. The fourth-order valence-corrected chi connectivity index (χ4v) is 2.20. The number of carbonyl (C=O) groups excluding carboxylic acids is 1. The maximum Gasteiger partial charge on any atom is 0.233 e. The maximum atomic E-state index is 11.4. The standard InChI is InChI=1S/C15H20N2O2/c1-4-16-14(18)9-17-11(3)15-10(2)12-7-5-6-8-13(12)19-15/h5-8,11,17H,4,9H2,1-3H3,(H,16,18). The van der Waals surface area contributed by atoms with Crippen molar-refractivity contribution in [2.75, 3.05) is 13.1 Å². The predicted octanol–water partition coefficient (Wildman–Crippen LogP) is 2.53. The van der Waals surface area contributed by atoms with Crippen molar-refractivity contribution in [1.82, 2.24) is 10.6 Å². The smallest absolute Gasteiger partial charge is 0.233 e. The summed E-state index contributed by atoms with van der Waals surface area (Å²) < 4.78 is 5.86. The minimum absolute atomic E-state index is 0.00288.